The molecule has 1 aliphatic carbocycles. The highest BCUT2D eigenvalue weighted by Crippen LogP contribution is 2.42. The molecule has 0 saturated carbocycles. The van der Waals surface area contributed by atoms with Gasteiger partial charge < -0.3 is 0 Å². The minimum absolute atomic E-state index is 0.274. The van der Waals surface area contributed by atoms with Crippen molar-refractivity contribution in [2.75, 3.05) is 7.05 Å². The van der Waals surface area contributed by atoms with Gasteiger partial charge in [0, 0.05) is 18.5 Å². The molecule has 0 aromatic heterocycles. The number of hydrogen-bond acceptors (Lipinski definition) is 3. The molecule has 2 aromatic carbocycles. The third kappa shape index (κ3) is 1.92. The van der Waals surface area contributed by atoms with Crippen molar-refractivity contribution in [1.29, 1.82) is 5.26 Å². The Morgan fingerprint density at radius 3 is 2.68 bits per heavy atom. The van der Waals surface area contributed by atoms with E-state index in [1.54, 1.807) is 0 Å². The van der Waals surface area contributed by atoms with Crippen molar-refractivity contribution in [1.82, 2.24) is 5.01 Å². The molecule has 4 rings (SSSR count). The zero-order valence-electron chi connectivity index (χ0n) is 12.5. The van der Waals surface area contributed by atoms with Gasteiger partial charge in [0.05, 0.1) is 23.4 Å². The number of nitrogens with zero attached hydrogens (tertiary/aromatic N) is 3. The van der Waals surface area contributed by atoms with E-state index in [0.29, 0.717) is 11.5 Å². The Kier molecular flexibility index (Phi) is 2.97. The molecule has 0 spiro atoms. The van der Waals surface area contributed by atoms with Crippen LogP contribution in [0.15, 0.2) is 53.6 Å². The topological polar surface area (TPSA) is 39.4 Å². The smallest absolute Gasteiger partial charge is 0.0991 e. The quantitative estimate of drug-likeness (QED) is 0.805. The largest absolute Gasteiger partial charge is 0.292 e. The van der Waals surface area contributed by atoms with Gasteiger partial charge in [-0.15, -0.1) is 0 Å². The second kappa shape index (κ2) is 4.99. The van der Waals surface area contributed by atoms with Crippen LogP contribution in [0.4, 0.5) is 0 Å². The van der Waals surface area contributed by atoms with Gasteiger partial charge in [0.15, 0.2) is 0 Å². The van der Waals surface area contributed by atoms with Crippen LogP contribution in [0.1, 0.15) is 34.7 Å². The number of hydrogen-bond donors (Lipinski definition) is 0. The SMILES string of the molecule is CN1N=C2c3ccccc3CC[C@H]2[C@@H]1c1ccc(C#N)cc1. The molecule has 3 nitrogen and oxygen atoms in total. The van der Waals surface area contributed by atoms with Gasteiger partial charge in [-0.25, -0.2) is 0 Å². The Balaban J connectivity index is 1.72. The Morgan fingerprint density at radius 1 is 1.14 bits per heavy atom. The summed E-state index contributed by atoms with van der Waals surface area (Å²) in [7, 11) is 2.05. The Morgan fingerprint density at radius 2 is 1.91 bits per heavy atom. The van der Waals surface area contributed by atoms with Crippen LogP contribution in [0, 0.1) is 17.2 Å². The molecule has 2 atom stereocenters. The zero-order chi connectivity index (χ0) is 15.1. The molecule has 108 valence electrons. The van der Waals surface area contributed by atoms with E-state index in [4.69, 9.17) is 10.4 Å². The molecule has 0 saturated heterocycles. The third-order valence-corrected chi connectivity index (χ3v) is 4.80. The third-order valence-electron chi connectivity index (χ3n) is 4.80. The van der Waals surface area contributed by atoms with Crippen LogP contribution in [0.5, 0.6) is 0 Å². The molecule has 0 unspecified atom stereocenters. The average Bonchev–Trinajstić information content (AvgIpc) is 2.91. The Hall–Kier alpha value is -2.60. The minimum Gasteiger partial charge on any atom is -0.292 e. The molecule has 1 heterocycles. The molecule has 2 aliphatic rings. The van der Waals surface area contributed by atoms with Gasteiger partial charge in [-0.05, 0) is 36.1 Å². The second-order valence-electron chi connectivity index (χ2n) is 6.04. The number of rotatable bonds is 1. The summed E-state index contributed by atoms with van der Waals surface area (Å²) < 4.78 is 0. The molecule has 0 amide bonds. The number of benzene rings is 2. The van der Waals surface area contributed by atoms with Crippen LogP contribution in [0.25, 0.3) is 0 Å². The summed E-state index contributed by atoms with van der Waals surface area (Å²) in [6, 6.07) is 19.0. The molecule has 2 aromatic rings. The average molecular weight is 287 g/mol. The summed E-state index contributed by atoms with van der Waals surface area (Å²) in [6.07, 6.45) is 2.24. The van der Waals surface area contributed by atoms with Crippen LogP contribution < -0.4 is 0 Å². The molecule has 0 fully saturated rings. The summed E-state index contributed by atoms with van der Waals surface area (Å²) in [5.41, 5.74) is 5.89. The minimum atomic E-state index is 0.274. The van der Waals surface area contributed by atoms with Crippen molar-refractivity contribution >= 4 is 5.71 Å². The lowest BCUT2D eigenvalue weighted by molar-refractivity contribution is 0.244. The van der Waals surface area contributed by atoms with Gasteiger partial charge in [-0.1, -0.05) is 36.4 Å². The van der Waals surface area contributed by atoms with E-state index >= 15 is 0 Å². The maximum Gasteiger partial charge on any atom is 0.0991 e. The Labute approximate surface area is 130 Å². The normalized spacial score (nSPS) is 22.5. The maximum atomic E-state index is 8.96. The number of hydrazone groups is 1. The lowest BCUT2D eigenvalue weighted by Crippen LogP contribution is -2.27. The van der Waals surface area contributed by atoms with Gasteiger partial charge in [0.1, 0.15) is 0 Å². The van der Waals surface area contributed by atoms with Crippen molar-refractivity contribution in [3.63, 3.8) is 0 Å². The fourth-order valence-corrected chi connectivity index (χ4v) is 3.77. The fourth-order valence-electron chi connectivity index (χ4n) is 3.77. The van der Waals surface area contributed by atoms with Gasteiger partial charge in [-0.3, -0.25) is 5.01 Å². The molecule has 1 aliphatic heterocycles. The zero-order valence-corrected chi connectivity index (χ0v) is 12.5. The van der Waals surface area contributed by atoms with E-state index in [0.717, 1.165) is 12.8 Å². The van der Waals surface area contributed by atoms with E-state index < -0.39 is 0 Å². The summed E-state index contributed by atoms with van der Waals surface area (Å²) >= 11 is 0. The molecule has 0 radical (unpaired) electrons. The van der Waals surface area contributed by atoms with Crippen molar-refractivity contribution in [2.24, 2.45) is 11.0 Å². The van der Waals surface area contributed by atoms with E-state index in [2.05, 4.69) is 54.5 Å². The summed E-state index contributed by atoms with van der Waals surface area (Å²) in [6.45, 7) is 0. The highest BCUT2D eigenvalue weighted by Gasteiger charge is 2.39. The number of nitriles is 1. The van der Waals surface area contributed by atoms with Crippen LogP contribution in [-0.2, 0) is 6.42 Å². The van der Waals surface area contributed by atoms with E-state index in [-0.39, 0.29) is 6.04 Å². The number of aryl methyl sites for hydroxylation is 1. The van der Waals surface area contributed by atoms with E-state index in [1.165, 1.54) is 22.4 Å². The lowest BCUT2D eigenvalue weighted by Gasteiger charge is -2.29. The van der Waals surface area contributed by atoms with Crippen molar-refractivity contribution < 1.29 is 0 Å². The van der Waals surface area contributed by atoms with Gasteiger partial charge >= 0.3 is 0 Å². The summed E-state index contributed by atoms with van der Waals surface area (Å²) in [5.74, 6) is 0.438. The number of fused-ring (bicyclic) bond motifs is 3. The molecule has 3 heteroatoms. The molecular formula is C19H17N3. The molecule has 0 N–H and O–H groups in total. The molecule has 22 heavy (non-hydrogen) atoms. The van der Waals surface area contributed by atoms with Crippen LogP contribution >= 0.6 is 0 Å². The lowest BCUT2D eigenvalue weighted by atomic mass is 9.77. The van der Waals surface area contributed by atoms with E-state index in [1.807, 2.05) is 12.1 Å². The van der Waals surface area contributed by atoms with Gasteiger partial charge in [0.25, 0.3) is 0 Å². The van der Waals surface area contributed by atoms with Gasteiger partial charge in [-0.2, -0.15) is 10.4 Å². The highest BCUT2D eigenvalue weighted by atomic mass is 15.5. The van der Waals surface area contributed by atoms with Crippen molar-refractivity contribution in [3.05, 3.63) is 70.8 Å². The molecule has 0 bridgehead atoms. The van der Waals surface area contributed by atoms with E-state index in [9.17, 15) is 0 Å². The monoisotopic (exact) mass is 287 g/mol. The molecular weight excluding hydrogens is 270 g/mol. The Bertz CT molecular complexity index is 783. The van der Waals surface area contributed by atoms with Crippen molar-refractivity contribution in [3.8, 4) is 6.07 Å². The highest BCUT2D eigenvalue weighted by molar-refractivity contribution is 6.05. The maximum absolute atomic E-state index is 8.96. The van der Waals surface area contributed by atoms with Gasteiger partial charge in [0.2, 0.25) is 0 Å². The van der Waals surface area contributed by atoms with Crippen LogP contribution in [-0.4, -0.2) is 17.8 Å². The summed E-state index contributed by atoms with van der Waals surface area (Å²) in [5, 5.41) is 15.9. The van der Waals surface area contributed by atoms with Crippen LogP contribution in [0.2, 0.25) is 0 Å². The van der Waals surface area contributed by atoms with Crippen molar-refractivity contribution in [2.45, 2.75) is 18.9 Å². The first-order valence-corrected chi connectivity index (χ1v) is 7.67. The predicted octanol–water partition coefficient (Wildman–Crippen LogP) is 3.51. The van der Waals surface area contributed by atoms with Crippen LogP contribution in [0.3, 0.4) is 0 Å². The predicted molar refractivity (Wildman–Crippen MR) is 86.5 cm³/mol. The first kappa shape index (κ1) is 13.1. The first-order chi connectivity index (χ1) is 10.8. The fraction of sp³-hybridized carbons (Fsp3) is 0.263. The first-order valence-electron chi connectivity index (χ1n) is 7.67. The standard InChI is InChI=1S/C19H17N3/c1-22-19(15-8-6-13(12-20)7-9-15)17-11-10-14-4-2-3-5-16(14)18(17)21-22/h2-9,17,19H,10-11H2,1H3/t17-,19+/m1/s1. The second-order valence-corrected chi connectivity index (χ2v) is 6.04. The summed E-state index contributed by atoms with van der Waals surface area (Å²) in [4.78, 5) is 0.